The minimum Gasteiger partial charge on any atom is -0.322 e. The van der Waals surface area contributed by atoms with Gasteiger partial charge in [0, 0.05) is 35.6 Å². The van der Waals surface area contributed by atoms with Gasteiger partial charge in [0.25, 0.3) is 5.91 Å². The molecule has 1 aliphatic rings. The third-order valence-corrected chi connectivity index (χ3v) is 5.77. The highest BCUT2D eigenvalue weighted by Crippen LogP contribution is 2.22. The number of rotatable bonds is 5. The average Bonchev–Trinajstić information content (AvgIpc) is 3.33. The van der Waals surface area contributed by atoms with Gasteiger partial charge in [0.15, 0.2) is 0 Å². The van der Waals surface area contributed by atoms with Crippen molar-refractivity contribution in [2.45, 2.75) is 19.4 Å². The molecule has 3 heterocycles. The summed E-state index contributed by atoms with van der Waals surface area (Å²) >= 11 is 0. The molecule has 2 aromatic heterocycles. The maximum Gasteiger partial charge on any atom is 0.257 e. The van der Waals surface area contributed by atoms with E-state index in [1.54, 1.807) is 24.3 Å². The van der Waals surface area contributed by atoms with Crippen molar-refractivity contribution in [2.24, 2.45) is 0 Å². The molecule has 0 atom stereocenters. The van der Waals surface area contributed by atoms with Crippen LogP contribution < -0.4 is 5.32 Å². The molecule has 1 N–H and O–H groups in total. The average molecular weight is 426 g/mol. The minimum absolute atomic E-state index is 0.242. The largest absolute Gasteiger partial charge is 0.322 e. The van der Waals surface area contributed by atoms with Crippen molar-refractivity contribution in [1.29, 1.82) is 0 Å². The first kappa shape index (κ1) is 20.3. The van der Waals surface area contributed by atoms with Crippen LogP contribution in [0.2, 0.25) is 0 Å². The maximum absolute atomic E-state index is 13.1. The fourth-order valence-electron chi connectivity index (χ4n) is 4.05. The molecule has 0 unspecified atom stereocenters. The summed E-state index contributed by atoms with van der Waals surface area (Å²) in [6.45, 7) is 3.24. The summed E-state index contributed by atoms with van der Waals surface area (Å²) in [7, 11) is 0. The Hall–Kier alpha value is -3.64. The number of fused-ring (bicyclic) bond motifs is 1. The fraction of sp³-hybridized carbons (Fsp3) is 0.192. The van der Waals surface area contributed by atoms with E-state index >= 15 is 0 Å². The van der Waals surface area contributed by atoms with Crippen molar-refractivity contribution in [3.63, 3.8) is 0 Å². The Morgan fingerprint density at radius 3 is 2.50 bits per heavy atom. The molecule has 1 fully saturated rings. The Labute approximate surface area is 185 Å². The van der Waals surface area contributed by atoms with Gasteiger partial charge in [-0.15, -0.1) is 0 Å². The van der Waals surface area contributed by atoms with Crippen molar-refractivity contribution in [2.75, 3.05) is 18.4 Å². The molecular weight excluding hydrogens is 403 g/mol. The van der Waals surface area contributed by atoms with Crippen LogP contribution >= 0.6 is 0 Å². The van der Waals surface area contributed by atoms with Crippen LogP contribution in [0.4, 0.5) is 10.1 Å². The van der Waals surface area contributed by atoms with Crippen LogP contribution in [-0.2, 0) is 6.54 Å². The van der Waals surface area contributed by atoms with E-state index in [2.05, 4.69) is 26.3 Å². The molecule has 160 valence electrons. The number of hydrogen-bond donors (Lipinski definition) is 1. The first-order valence-corrected chi connectivity index (χ1v) is 10.8. The number of pyridine rings is 2. The lowest BCUT2D eigenvalue weighted by atomic mass is 10.1. The smallest absolute Gasteiger partial charge is 0.257 e. The van der Waals surface area contributed by atoms with Crippen LogP contribution in [0.1, 0.15) is 28.8 Å². The molecule has 1 amide bonds. The van der Waals surface area contributed by atoms with E-state index in [4.69, 9.17) is 0 Å². The molecule has 32 heavy (non-hydrogen) atoms. The topological polar surface area (TPSA) is 58.1 Å². The van der Waals surface area contributed by atoms with Crippen LogP contribution in [0.15, 0.2) is 73.1 Å². The molecule has 0 aliphatic carbocycles. The van der Waals surface area contributed by atoms with Gasteiger partial charge < -0.3 is 5.32 Å². The number of halogens is 1. The fourth-order valence-corrected chi connectivity index (χ4v) is 4.05. The predicted octanol–water partition coefficient (Wildman–Crippen LogP) is 5.28. The Morgan fingerprint density at radius 2 is 1.75 bits per heavy atom. The molecule has 6 heteroatoms. The van der Waals surface area contributed by atoms with Crippen molar-refractivity contribution in [3.05, 3.63) is 90.0 Å². The van der Waals surface area contributed by atoms with Crippen LogP contribution in [0.5, 0.6) is 0 Å². The van der Waals surface area contributed by atoms with Gasteiger partial charge in [0.2, 0.25) is 0 Å². The standard InChI is InChI=1S/C26H23FN4O/c27-22-7-3-19(4-8-22)24-10-6-21(16-29-24)26(32)30-23-9-5-20-13-18(15-28-25(20)14-23)17-31-11-1-2-12-31/h3-10,13-16H,1-2,11-12,17H2,(H,30,32). The zero-order valence-electron chi connectivity index (χ0n) is 17.6. The number of nitrogens with one attached hydrogen (secondary N) is 1. The molecule has 0 spiro atoms. The molecule has 2 aromatic carbocycles. The first-order valence-electron chi connectivity index (χ1n) is 10.8. The van der Waals surface area contributed by atoms with Gasteiger partial charge in [-0.3, -0.25) is 19.7 Å². The van der Waals surface area contributed by atoms with Crippen LogP contribution in [0, 0.1) is 5.82 Å². The second-order valence-corrected chi connectivity index (χ2v) is 8.13. The Bertz CT molecular complexity index is 1250. The summed E-state index contributed by atoms with van der Waals surface area (Å²) in [5.74, 6) is -0.536. The molecule has 1 saturated heterocycles. The Balaban J connectivity index is 1.28. The summed E-state index contributed by atoms with van der Waals surface area (Å²) in [5.41, 5.74) is 4.67. The molecular formula is C26H23FN4O. The Kier molecular flexibility index (Phi) is 5.60. The summed E-state index contributed by atoms with van der Waals surface area (Å²) < 4.78 is 13.1. The van der Waals surface area contributed by atoms with E-state index in [0.29, 0.717) is 16.9 Å². The highest BCUT2D eigenvalue weighted by atomic mass is 19.1. The minimum atomic E-state index is -0.294. The lowest BCUT2D eigenvalue weighted by Gasteiger charge is -2.14. The lowest BCUT2D eigenvalue weighted by molar-refractivity contribution is 0.102. The van der Waals surface area contributed by atoms with Crippen molar-refractivity contribution in [3.8, 4) is 11.3 Å². The van der Waals surface area contributed by atoms with Gasteiger partial charge in [0.1, 0.15) is 5.82 Å². The maximum atomic E-state index is 13.1. The van der Waals surface area contributed by atoms with E-state index < -0.39 is 0 Å². The highest BCUT2D eigenvalue weighted by molar-refractivity contribution is 6.05. The number of likely N-dealkylation sites (tertiary alicyclic amines) is 1. The molecule has 0 radical (unpaired) electrons. The second kappa shape index (κ2) is 8.85. The van der Waals surface area contributed by atoms with Gasteiger partial charge in [-0.25, -0.2) is 4.39 Å². The predicted molar refractivity (Wildman–Crippen MR) is 124 cm³/mol. The zero-order chi connectivity index (χ0) is 21.9. The van der Waals surface area contributed by atoms with Crippen LogP contribution in [0.25, 0.3) is 22.2 Å². The summed E-state index contributed by atoms with van der Waals surface area (Å²) in [5, 5.41) is 3.97. The van der Waals surface area contributed by atoms with Gasteiger partial charge >= 0.3 is 0 Å². The molecule has 5 nitrogen and oxygen atoms in total. The summed E-state index contributed by atoms with van der Waals surface area (Å²) in [6, 6.07) is 17.5. The quantitative estimate of drug-likeness (QED) is 0.471. The van der Waals surface area contributed by atoms with Gasteiger partial charge in [0.05, 0.1) is 16.8 Å². The Morgan fingerprint density at radius 1 is 0.938 bits per heavy atom. The second-order valence-electron chi connectivity index (χ2n) is 8.13. The zero-order valence-corrected chi connectivity index (χ0v) is 17.6. The normalized spacial score (nSPS) is 14.0. The van der Waals surface area contributed by atoms with Crippen molar-refractivity contribution >= 4 is 22.5 Å². The van der Waals surface area contributed by atoms with E-state index in [-0.39, 0.29) is 11.7 Å². The number of aromatic nitrogens is 2. The van der Waals surface area contributed by atoms with Gasteiger partial charge in [-0.1, -0.05) is 6.07 Å². The van der Waals surface area contributed by atoms with Crippen molar-refractivity contribution in [1.82, 2.24) is 14.9 Å². The lowest BCUT2D eigenvalue weighted by Crippen LogP contribution is -2.18. The number of benzene rings is 2. The number of amides is 1. The first-order chi connectivity index (χ1) is 15.6. The van der Waals surface area contributed by atoms with E-state index in [0.717, 1.165) is 36.1 Å². The number of anilines is 1. The molecule has 0 saturated carbocycles. The molecule has 4 aromatic rings. The number of nitrogens with zero attached hydrogens (tertiary/aromatic N) is 3. The summed E-state index contributed by atoms with van der Waals surface area (Å²) in [6.07, 6.45) is 5.99. The van der Waals surface area contributed by atoms with E-state index in [9.17, 15) is 9.18 Å². The van der Waals surface area contributed by atoms with Gasteiger partial charge in [-0.05, 0) is 86.1 Å². The number of carbonyl (C=O) groups excluding carboxylic acids is 1. The SMILES string of the molecule is O=C(Nc1ccc2cc(CN3CCCC3)cnc2c1)c1ccc(-c2ccc(F)cc2)nc1. The third-order valence-electron chi connectivity index (χ3n) is 5.77. The monoisotopic (exact) mass is 426 g/mol. The van der Waals surface area contributed by atoms with E-state index in [1.165, 1.54) is 36.7 Å². The van der Waals surface area contributed by atoms with Crippen LogP contribution in [-0.4, -0.2) is 33.9 Å². The molecule has 0 bridgehead atoms. The summed E-state index contributed by atoms with van der Waals surface area (Å²) in [4.78, 5) is 24.1. The highest BCUT2D eigenvalue weighted by Gasteiger charge is 2.13. The molecule has 5 rings (SSSR count). The third kappa shape index (κ3) is 4.50. The van der Waals surface area contributed by atoms with Crippen molar-refractivity contribution < 1.29 is 9.18 Å². The molecule has 1 aliphatic heterocycles. The number of hydrogen-bond acceptors (Lipinski definition) is 4. The van der Waals surface area contributed by atoms with E-state index in [1.807, 2.05) is 24.4 Å². The number of carbonyl (C=O) groups is 1. The van der Waals surface area contributed by atoms with Gasteiger partial charge in [-0.2, -0.15) is 0 Å². The van der Waals surface area contributed by atoms with Crippen LogP contribution in [0.3, 0.4) is 0 Å².